The molecule has 0 aromatic carbocycles. The van der Waals surface area contributed by atoms with Gasteiger partial charge in [-0.15, -0.1) is 0 Å². The maximum atomic E-state index is 13.1. The summed E-state index contributed by atoms with van der Waals surface area (Å²) in [5.41, 5.74) is 4.20. The van der Waals surface area contributed by atoms with Crippen molar-refractivity contribution in [1.29, 1.82) is 0 Å². The second-order valence-electron chi connectivity index (χ2n) is 9.87. The number of carboxylic acids is 1. The third-order valence-corrected chi connectivity index (χ3v) is 7.42. The molecule has 6 nitrogen and oxygen atoms in total. The van der Waals surface area contributed by atoms with E-state index in [1.165, 1.54) is 0 Å². The van der Waals surface area contributed by atoms with Gasteiger partial charge in [-0.1, -0.05) is 6.92 Å². The first-order valence-electron chi connectivity index (χ1n) is 11.4. The zero-order chi connectivity index (χ0) is 23.3. The molecule has 2 aromatic rings. The highest BCUT2D eigenvalue weighted by molar-refractivity contribution is 5.69. The fourth-order valence-electron chi connectivity index (χ4n) is 5.71. The zero-order valence-corrected chi connectivity index (χ0v) is 18.9. The van der Waals surface area contributed by atoms with Crippen LogP contribution in [0.1, 0.15) is 74.0 Å². The standard InChI is InChI=1S/C23H31F3N4O2/c1-14-15(2)27-19-11-18(16-5-7-17(8-6-16)23(24,25)26)28-30(19)21(14)22(3)9-4-10-29(13-22)12-20(31)32/h11,16-17H,4-10,12-13H2,1-3H3,(H,31,32)/t16-,17-,22-/m1/s1. The maximum Gasteiger partial charge on any atom is 0.391 e. The van der Waals surface area contributed by atoms with Crippen LogP contribution in [0.5, 0.6) is 0 Å². The summed E-state index contributed by atoms with van der Waals surface area (Å²) < 4.78 is 41.1. The number of piperidine rings is 1. The SMILES string of the molecule is Cc1nc2cc([C@H]3CC[C@H](C(F)(F)F)CC3)nn2c([C@]2(C)CCCN(CC(=O)O)C2)c1C. The summed E-state index contributed by atoms with van der Waals surface area (Å²) in [6.45, 7) is 7.51. The van der Waals surface area contributed by atoms with Crippen molar-refractivity contribution in [1.82, 2.24) is 19.5 Å². The molecule has 1 saturated carbocycles. The van der Waals surface area contributed by atoms with Crippen LogP contribution in [-0.4, -0.2) is 56.4 Å². The number of aliphatic carboxylic acids is 1. The molecular formula is C23H31F3N4O2. The van der Waals surface area contributed by atoms with E-state index in [-0.39, 0.29) is 30.7 Å². The van der Waals surface area contributed by atoms with Crippen LogP contribution in [0.2, 0.25) is 0 Å². The summed E-state index contributed by atoms with van der Waals surface area (Å²) in [4.78, 5) is 18.0. The third kappa shape index (κ3) is 4.36. The van der Waals surface area contributed by atoms with Crippen LogP contribution in [0.25, 0.3) is 5.65 Å². The van der Waals surface area contributed by atoms with Gasteiger partial charge in [0.15, 0.2) is 5.65 Å². The van der Waals surface area contributed by atoms with E-state index in [0.29, 0.717) is 25.0 Å². The molecule has 1 atom stereocenters. The number of carbonyl (C=O) groups is 1. The molecule has 1 saturated heterocycles. The number of hydrogen-bond acceptors (Lipinski definition) is 4. The number of alkyl halides is 3. The minimum Gasteiger partial charge on any atom is -0.480 e. The van der Waals surface area contributed by atoms with Crippen LogP contribution in [0, 0.1) is 19.8 Å². The van der Waals surface area contributed by atoms with Gasteiger partial charge in [0.1, 0.15) is 0 Å². The van der Waals surface area contributed by atoms with Crippen LogP contribution in [0.4, 0.5) is 13.2 Å². The maximum absolute atomic E-state index is 13.1. The van der Waals surface area contributed by atoms with Gasteiger partial charge in [-0.05, 0) is 64.5 Å². The zero-order valence-electron chi connectivity index (χ0n) is 18.9. The molecule has 2 fully saturated rings. The molecule has 0 unspecified atom stereocenters. The molecule has 176 valence electrons. The number of rotatable bonds is 4. The van der Waals surface area contributed by atoms with Crippen LogP contribution >= 0.6 is 0 Å². The first-order valence-corrected chi connectivity index (χ1v) is 11.4. The van der Waals surface area contributed by atoms with Gasteiger partial charge in [-0.3, -0.25) is 9.69 Å². The Morgan fingerprint density at radius 2 is 1.94 bits per heavy atom. The van der Waals surface area contributed by atoms with Crippen molar-refractivity contribution in [3.05, 3.63) is 28.7 Å². The smallest absolute Gasteiger partial charge is 0.391 e. The monoisotopic (exact) mass is 452 g/mol. The van der Waals surface area contributed by atoms with Gasteiger partial charge in [-0.25, -0.2) is 9.50 Å². The summed E-state index contributed by atoms with van der Waals surface area (Å²) >= 11 is 0. The number of nitrogens with zero attached hydrogens (tertiary/aromatic N) is 4. The van der Waals surface area contributed by atoms with Crippen LogP contribution in [0.3, 0.4) is 0 Å². The summed E-state index contributed by atoms with van der Waals surface area (Å²) in [7, 11) is 0. The van der Waals surface area contributed by atoms with Crippen molar-refractivity contribution in [3.8, 4) is 0 Å². The van der Waals surface area contributed by atoms with E-state index in [2.05, 4.69) is 6.92 Å². The number of carboxylic acid groups (broad SMARTS) is 1. The summed E-state index contributed by atoms with van der Waals surface area (Å²) in [5, 5.41) is 14.1. The van der Waals surface area contributed by atoms with E-state index in [1.54, 1.807) is 0 Å². The quantitative estimate of drug-likeness (QED) is 0.733. The minimum absolute atomic E-state index is 0.00596. The normalized spacial score (nSPS) is 27.7. The van der Waals surface area contributed by atoms with Gasteiger partial charge in [0.05, 0.1) is 23.9 Å². The van der Waals surface area contributed by atoms with Gasteiger partial charge in [0.2, 0.25) is 0 Å². The molecule has 0 bridgehead atoms. The van der Waals surface area contributed by atoms with Crippen molar-refractivity contribution in [2.24, 2.45) is 5.92 Å². The molecule has 1 N–H and O–H groups in total. The highest BCUT2D eigenvalue weighted by Gasteiger charge is 2.42. The van der Waals surface area contributed by atoms with E-state index < -0.39 is 18.1 Å². The number of aromatic nitrogens is 3. The van der Waals surface area contributed by atoms with E-state index in [9.17, 15) is 23.1 Å². The average Bonchev–Trinajstić information content (AvgIpc) is 3.10. The number of likely N-dealkylation sites (tertiary alicyclic amines) is 1. The molecule has 0 spiro atoms. The van der Waals surface area contributed by atoms with Crippen LogP contribution in [0.15, 0.2) is 6.07 Å². The van der Waals surface area contributed by atoms with Crippen molar-refractivity contribution >= 4 is 11.6 Å². The Hall–Kier alpha value is -2.16. The molecule has 3 heterocycles. The second kappa shape index (κ2) is 8.32. The van der Waals surface area contributed by atoms with Crippen LogP contribution in [-0.2, 0) is 10.2 Å². The van der Waals surface area contributed by atoms with Crippen molar-refractivity contribution < 1.29 is 23.1 Å². The fourth-order valence-corrected chi connectivity index (χ4v) is 5.71. The predicted molar refractivity (Wildman–Crippen MR) is 114 cm³/mol. The van der Waals surface area contributed by atoms with E-state index in [1.807, 2.05) is 29.3 Å². The first kappa shape index (κ1) is 23.0. The lowest BCUT2D eigenvalue weighted by Gasteiger charge is -2.41. The van der Waals surface area contributed by atoms with Gasteiger partial charge < -0.3 is 5.11 Å². The van der Waals surface area contributed by atoms with Crippen molar-refractivity contribution in [2.45, 2.75) is 76.8 Å². The minimum atomic E-state index is -4.12. The van der Waals surface area contributed by atoms with Crippen LogP contribution < -0.4 is 0 Å². The number of halogens is 3. The highest BCUT2D eigenvalue weighted by Crippen LogP contribution is 2.43. The summed E-state index contributed by atoms with van der Waals surface area (Å²) in [5.74, 6) is -2.04. The van der Waals surface area contributed by atoms with Gasteiger partial charge in [0, 0.05) is 29.6 Å². The Morgan fingerprint density at radius 1 is 1.25 bits per heavy atom. The van der Waals surface area contributed by atoms with Crippen molar-refractivity contribution in [3.63, 3.8) is 0 Å². The average molecular weight is 453 g/mol. The molecule has 1 aliphatic heterocycles. The topological polar surface area (TPSA) is 70.7 Å². The van der Waals surface area contributed by atoms with E-state index >= 15 is 0 Å². The van der Waals surface area contributed by atoms with Gasteiger partial charge in [-0.2, -0.15) is 18.3 Å². The Kier molecular flexibility index (Phi) is 5.98. The molecule has 4 rings (SSSR count). The largest absolute Gasteiger partial charge is 0.480 e. The fraction of sp³-hybridized carbons (Fsp3) is 0.696. The lowest BCUT2D eigenvalue weighted by atomic mass is 9.77. The molecule has 2 aromatic heterocycles. The van der Waals surface area contributed by atoms with E-state index in [0.717, 1.165) is 42.0 Å². The molecule has 0 radical (unpaired) electrons. The molecule has 9 heteroatoms. The molecular weight excluding hydrogens is 421 g/mol. The lowest BCUT2D eigenvalue weighted by Crippen LogP contribution is -2.47. The molecule has 2 aliphatic rings. The molecule has 1 aliphatic carbocycles. The first-order chi connectivity index (χ1) is 15.0. The van der Waals surface area contributed by atoms with Crippen molar-refractivity contribution in [2.75, 3.05) is 19.6 Å². The lowest BCUT2D eigenvalue weighted by molar-refractivity contribution is -0.182. The number of aryl methyl sites for hydroxylation is 1. The summed E-state index contributed by atoms with van der Waals surface area (Å²) in [6, 6.07) is 1.93. The molecule has 32 heavy (non-hydrogen) atoms. The van der Waals surface area contributed by atoms with Gasteiger partial charge in [0.25, 0.3) is 0 Å². The number of fused-ring (bicyclic) bond motifs is 1. The Balaban J connectivity index is 1.67. The Bertz CT molecular complexity index is 1010. The predicted octanol–water partition coefficient (Wildman–Crippen LogP) is 4.62. The Labute approximate surface area is 185 Å². The summed E-state index contributed by atoms with van der Waals surface area (Å²) in [6.07, 6.45) is -1.08. The van der Waals surface area contributed by atoms with Gasteiger partial charge >= 0.3 is 12.1 Å². The Morgan fingerprint density at radius 3 is 2.56 bits per heavy atom. The second-order valence-corrected chi connectivity index (χ2v) is 9.87. The molecule has 0 amide bonds. The number of hydrogen-bond donors (Lipinski definition) is 1. The highest BCUT2D eigenvalue weighted by atomic mass is 19.4. The third-order valence-electron chi connectivity index (χ3n) is 7.42. The van der Waals surface area contributed by atoms with E-state index in [4.69, 9.17) is 10.1 Å².